The van der Waals surface area contributed by atoms with Crippen molar-refractivity contribution < 1.29 is 14.3 Å². The van der Waals surface area contributed by atoms with Gasteiger partial charge in [0.15, 0.2) is 0 Å². The highest BCUT2D eigenvalue weighted by Gasteiger charge is 2.39. The second-order valence-corrected chi connectivity index (χ2v) is 7.68. The van der Waals surface area contributed by atoms with Crippen LogP contribution in [-0.4, -0.2) is 36.2 Å². The Balaban J connectivity index is 1.84. The molecule has 25 heavy (non-hydrogen) atoms. The summed E-state index contributed by atoms with van der Waals surface area (Å²) in [7, 11) is 0. The van der Waals surface area contributed by atoms with E-state index in [4.69, 9.17) is 9.47 Å². The van der Waals surface area contributed by atoms with E-state index in [1.807, 2.05) is 13.8 Å². The van der Waals surface area contributed by atoms with Crippen molar-refractivity contribution in [2.45, 2.75) is 78.0 Å². The number of aryl methyl sites for hydroxylation is 2. The van der Waals surface area contributed by atoms with E-state index < -0.39 is 0 Å². The third-order valence-corrected chi connectivity index (χ3v) is 5.20. The van der Waals surface area contributed by atoms with Crippen molar-refractivity contribution in [2.75, 3.05) is 13.2 Å². The summed E-state index contributed by atoms with van der Waals surface area (Å²) in [6.45, 7) is 9.50. The maximum absolute atomic E-state index is 13.0. The minimum absolute atomic E-state index is 0.135. The Morgan fingerprint density at radius 1 is 1.24 bits per heavy atom. The average molecular weight is 345 g/mol. The quantitative estimate of drug-likeness (QED) is 0.770. The standard InChI is InChI=1S/C21H31NO3/c1-14(2)24-11-9-21(23)22(17-7-8-17)19-6-5-10-25-20-13-16(4)15(3)12-18(19)20/h12-14,17,19H,5-11H2,1-4H3/t19-/m1/s1. The van der Waals surface area contributed by atoms with E-state index in [-0.39, 0.29) is 18.1 Å². The van der Waals surface area contributed by atoms with Gasteiger partial charge in [0.05, 0.1) is 31.8 Å². The molecule has 1 aliphatic heterocycles. The number of nitrogens with zero attached hydrogens (tertiary/aromatic N) is 1. The monoisotopic (exact) mass is 345 g/mol. The molecule has 3 rings (SSSR count). The van der Waals surface area contributed by atoms with Gasteiger partial charge in [0, 0.05) is 11.6 Å². The molecule has 0 radical (unpaired) electrons. The smallest absolute Gasteiger partial charge is 0.225 e. The summed E-state index contributed by atoms with van der Waals surface area (Å²) in [6.07, 6.45) is 4.83. The molecular formula is C21H31NO3. The zero-order chi connectivity index (χ0) is 18.0. The summed E-state index contributed by atoms with van der Waals surface area (Å²) < 4.78 is 11.6. The van der Waals surface area contributed by atoms with Crippen molar-refractivity contribution in [3.05, 3.63) is 28.8 Å². The largest absolute Gasteiger partial charge is 0.493 e. The van der Waals surface area contributed by atoms with Gasteiger partial charge < -0.3 is 14.4 Å². The number of rotatable bonds is 6. The first-order valence-corrected chi connectivity index (χ1v) is 9.64. The van der Waals surface area contributed by atoms with E-state index in [9.17, 15) is 4.79 Å². The highest BCUT2D eigenvalue weighted by atomic mass is 16.5. The number of ether oxygens (including phenoxy) is 2. The fraction of sp³-hybridized carbons (Fsp3) is 0.667. The predicted molar refractivity (Wildman–Crippen MR) is 99.0 cm³/mol. The van der Waals surface area contributed by atoms with Gasteiger partial charge in [-0.05, 0) is 70.6 Å². The second kappa shape index (κ2) is 7.77. The molecule has 0 spiro atoms. The van der Waals surface area contributed by atoms with Crippen molar-refractivity contribution in [2.24, 2.45) is 0 Å². The number of hydrogen-bond donors (Lipinski definition) is 0. The molecule has 4 heteroatoms. The van der Waals surface area contributed by atoms with Gasteiger partial charge in [-0.15, -0.1) is 0 Å². The van der Waals surface area contributed by atoms with Gasteiger partial charge in [-0.3, -0.25) is 4.79 Å². The molecular weight excluding hydrogens is 314 g/mol. The van der Waals surface area contributed by atoms with Crippen molar-refractivity contribution in [1.29, 1.82) is 0 Å². The molecule has 1 heterocycles. The lowest BCUT2D eigenvalue weighted by molar-refractivity contribution is -0.136. The van der Waals surface area contributed by atoms with E-state index in [1.54, 1.807) is 0 Å². The fourth-order valence-electron chi connectivity index (χ4n) is 3.60. The van der Waals surface area contributed by atoms with E-state index in [0.29, 0.717) is 19.1 Å². The van der Waals surface area contributed by atoms with Crippen molar-refractivity contribution in [3.63, 3.8) is 0 Å². The fourth-order valence-corrected chi connectivity index (χ4v) is 3.60. The number of fused-ring (bicyclic) bond motifs is 1. The van der Waals surface area contributed by atoms with Gasteiger partial charge >= 0.3 is 0 Å². The van der Waals surface area contributed by atoms with Crippen LogP contribution < -0.4 is 4.74 Å². The van der Waals surface area contributed by atoms with E-state index in [2.05, 4.69) is 30.9 Å². The van der Waals surface area contributed by atoms with E-state index >= 15 is 0 Å². The maximum atomic E-state index is 13.0. The van der Waals surface area contributed by atoms with Crippen LogP contribution in [0.1, 0.15) is 68.7 Å². The Labute approximate surface area is 151 Å². The highest BCUT2D eigenvalue weighted by Crippen LogP contribution is 2.42. The highest BCUT2D eigenvalue weighted by molar-refractivity contribution is 5.77. The first kappa shape index (κ1) is 18.2. The maximum Gasteiger partial charge on any atom is 0.225 e. The van der Waals surface area contributed by atoms with Crippen LogP contribution in [0.5, 0.6) is 5.75 Å². The van der Waals surface area contributed by atoms with Crippen LogP contribution in [0.4, 0.5) is 0 Å². The van der Waals surface area contributed by atoms with E-state index in [1.165, 1.54) is 16.7 Å². The number of carbonyl (C=O) groups is 1. The lowest BCUT2D eigenvalue weighted by atomic mass is 9.95. The Kier molecular flexibility index (Phi) is 5.67. The van der Waals surface area contributed by atoms with Crippen LogP contribution in [0, 0.1) is 13.8 Å². The zero-order valence-electron chi connectivity index (χ0n) is 16.0. The van der Waals surface area contributed by atoms with Crippen molar-refractivity contribution >= 4 is 5.91 Å². The third-order valence-electron chi connectivity index (χ3n) is 5.20. The molecule has 4 nitrogen and oxygen atoms in total. The molecule has 0 aromatic heterocycles. The van der Waals surface area contributed by atoms with Crippen LogP contribution in [0.15, 0.2) is 12.1 Å². The summed E-state index contributed by atoms with van der Waals surface area (Å²) in [5.74, 6) is 1.18. The minimum Gasteiger partial charge on any atom is -0.493 e. The Morgan fingerprint density at radius 2 is 1.96 bits per heavy atom. The van der Waals surface area contributed by atoms with Gasteiger partial charge in [0.2, 0.25) is 5.91 Å². The molecule has 1 aromatic carbocycles. The molecule has 138 valence electrons. The second-order valence-electron chi connectivity index (χ2n) is 7.68. The molecule has 1 fully saturated rings. The lowest BCUT2D eigenvalue weighted by Crippen LogP contribution is -2.37. The first-order chi connectivity index (χ1) is 12.0. The van der Waals surface area contributed by atoms with Gasteiger partial charge in [0.1, 0.15) is 5.75 Å². The van der Waals surface area contributed by atoms with Gasteiger partial charge in [-0.2, -0.15) is 0 Å². The number of carbonyl (C=O) groups excluding carboxylic acids is 1. The Morgan fingerprint density at radius 3 is 2.64 bits per heavy atom. The Hall–Kier alpha value is -1.55. The lowest BCUT2D eigenvalue weighted by Gasteiger charge is -2.32. The topological polar surface area (TPSA) is 38.8 Å². The van der Waals surface area contributed by atoms with Gasteiger partial charge in [-0.25, -0.2) is 0 Å². The summed E-state index contributed by atoms with van der Waals surface area (Å²) in [4.78, 5) is 15.1. The predicted octanol–water partition coefficient (Wildman–Crippen LogP) is 4.32. The van der Waals surface area contributed by atoms with Gasteiger partial charge in [-0.1, -0.05) is 6.07 Å². The molecule has 1 aromatic rings. The molecule has 0 unspecified atom stereocenters. The summed E-state index contributed by atoms with van der Waals surface area (Å²) in [6, 6.07) is 4.90. The van der Waals surface area contributed by atoms with Crippen molar-refractivity contribution in [1.82, 2.24) is 4.90 Å². The third kappa shape index (κ3) is 4.35. The summed E-state index contributed by atoms with van der Waals surface area (Å²) in [5.41, 5.74) is 3.69. The van der Waals surface area contributed by atoms with Crippen LogP contribution in [0.2, 0.25) is 0 Å². The normalized spacial score (nSPS) is 20.0. The van der Waals surface area contributed by atoms with Crippen molar-refractivity contribution in [3.8, 4) is 5.75 Å². The molecule has 2 aliphatic rings. The van der Waals surface area contributed by atoms with Crippen LogP contribution >= 0.6 is 0 Å². The SMILES string of the molecule is Cc1cc2c(cc1C)[C@H](N(C(=O)CCOC(C)C)C1CC1)CCCO2. The molecule has 0 N–H and O–H groups in total. The first-order valence-electron chi connectivity index (χ1n) is 9.64. The number of amides is 1. The molecule has 0 bridgehead atoms. The summed E-state index contributed by atoms with van der Waals surface area (Å²) in [5, 5.41) is 0. The number of hydrogen-bond acceptors (Lipinski definition) is 3. The molecule has 1 aliphatic carbocycles. The average Bonchev–Trinajstić information content (AvgIpc) is 3.38. The van der Waals surface area contributed by atoms with Crippen LogP contribution in [-0.2, 0) is 9.53 Å². The number of benzene rings is 1. The minimum atomic E-state index is 0.135. The Bertz CT molecular complexity index is 622. The van der Waals surface area contributed by atoms with Crippen LogP contribution in [0.25, 0.3) is 0 Å². The van der Waals surface area contributed by atoms with Gasteiger partial charge in [0.25, 0.3) is 0 Å². The van der Waals surface area contributed by atoms with Crippen LogP contribution in [0.3, 0.4) is 0 Å². The van der Waals surface area contributed by atoms with E-state index in [0.717, 1.165) is 38.0 Å². The molecule has 0 saturated heterocycles. The zero-order valence-corrected chi connectivity index (χ0v) is 16.0. The summed E-state index contributed by atoms with van der Waals surface area (Å²) >= 11 is 0. The molecule has 1 amide bonds. The molecule has 1 atom stereocenters. The molecule has 1 saturated carbocycles.